The van der Waals surface area contributed by atoms with Gasteiger partial charge in [-0.2, -0.15) is 0 Å². The summed E-state index contributed by atoms with van der Waals surface area (Å²) in [5.41, 5.74) is 2.24. The maximum Gasteiger partial charge on any atom is 0.254 e. The van der Waals surface area contributed by atoms with E-state index in [9.17, 15) is 13.6 Å². The van der Waals surface area contributed by atoms with Crippen LogP contribution in [0.3, 0.4) is 0 Å². The Bertz CT molecular complexity index is 1000. The molecule has 0 radical (unpaired) electrons. The fourth-order valence-electron chi connectivity index (χ4n) is 3.18. The molecule has 0 atom stereocenters. The van der Waals surface area contributed by atoms with Gasteiger partial charge in [-0.15, -0.1) is 0 Å². The summed E-state index contributed by atoms with van der Waals surface area (Å²) in [6.07, 6.45) is 3.78. The molecule has 3 aromatic rings. The molecular formula is C19H16F2N4O. The third-order valence-corrected chi connectivity index (χ3v) is 4.51. The lowest BCUT2D eigenvalue weighted by atomic mass is 10.0. The van der Waals surface area contributed by atoms with Crippen molar-refractivity contribution in [1.29, 1.82) is 0 Å². The van der Waals surface area contributed by atoms with Crippen LogP contribution in [-0.2, 0) is 19.5 Å². The molecule has 7 heteroatoms. The van der Waals surface area contributed by atoms with Gasteiger partial charge in [-0.05, 0) is 36.8 Å². The Morgan fingerprint density at radius 3 is 2.77 bits per heavy atom. The van der Waals surface area contributed by atoms with Crippen LogP contribution in [0.25, 0.3) is 11.4 Å². The van der Waals surface area contributed by atoms with Gasteiger partial charge in [0.05, 0.1) is 5.69 Å². The van der Waals surface area contributed by atoms with Crippen molar-refractivity contribution < 1.29 is 8.78 Å². The average molecular weight is 354 g/mol. The zero-order valence-electron chi connectivity index (χ0n) is 13.9. The number of halogens is 2. The van der Waals surface area contributed by atoms with Gasteiger partial charge in [-0.25, -0.2) is 13.8 Å². The SMILES string of the molecule is O=c1[nH]c(-c2ccncc2)nc2c1CCN(Cc1cc(F)ccc1F)C2. The van der Waals surface area contributed by atoms with Gasteiger partial charge in [0, 0.05) is 48.7 Å². The van der Waals surface area contributed by atoms with Crippen molar-refractivity contribution in [3.63, 3.8) is 0 Å². The molecule has 26 heavy (non-hydrogen) atoms. The number of aromatic nitrogens is 3. The third-order valence-electron chi connectivity index (χ3n) is 4.51. The number of benzene rings is 1. The second kappa shape index (κ2) is 6.76. The predicted octanol–water partition coefficient (Wildman–Crippen LogP) is 2.67. The monoisotopic (exact) mass is 354 g/mol. The second-order valence-corrected chi connectivity index (χ2v) is 6.27. The number of pyridine rings is 1. The standard InChI is InChI=1S/C19H16F2N4O/c20-14-1-2-16(21)13(9-14)10-25-8-5-15-17(11-25)23-18(24-19(15)26)12-3-6-22-7-4-12/h1-4,6-7,9H,5,8,10-11H2,(H,23,24,26). The summed E-state index contributed by atoms with van der Waals surface area (Å²) < 4.78 is 27.3. The van der Waals surface area contributed by atoms with Crippen LogP contribution in [0.2, 0.25) is 0 Å². The van der Waals surface area contributed by atoms with E-state index in [-0.39, 0.29) is 12.1 Å². The van der Waals surface area contributed by atoms with Crippen molar-refractivity contribution in [3.8, 4) is 11.4 Å². The fraction of sp³-hybridized carbons (Fsp3) is 0.211. The molecule has 132 valence electrons. The average Bonchev–Trinajstić information content (AvgIpc) is 2.65. The van der Waals surface area contributed by atoms with E-state index in [1.807, 2.05) is 4.90 Å². The van der Waals surface area contributed by atoms with Crippen LogP contribution in [0, 0.1) is 11.6 Å². The number of nitrogens with one attached hydrogen (secondary N) is 1. The van der Waals surface area contributed by atoms with E-state index >= 15 is 0 Å². The van der Waals surface area contributed by atoms with Gasteiger partial charge in [0.15, 0.2) is 0 Å². The molecule has 5 nitrogen and oxygen atoms in total. The third kappa shape index (κ3) is 3.25. The number of H-pyrrole nitrogens is 1. The largest absolute Gasteiger partial charge is 0.306 e. The predicted molar refractivity (Wildman–Crippen MR) is 92.3 cm³/mol. The van der Waals surface area contributed by atoms with Crippen LogP contribution in [0.4, 0.5) is 8.78 Å². The Morgan fingerprint density at radius 1 is 1.15 bits per heavy atom. The topological polar surface area (TPSA) is 61.9 Å². The van der Waals surface area contributed by atoms with Crippen LogP contribution >= 0.6 is 0 Å². The van der Waals surface area contributed by atoms with Crippen molar-refractivity contribution in [1.82, 2.24) is 19.9 Å². The summed E-state index contributed by atoms with van der Waals surface area (Å²) in [6, 6.07) is 6.98. The molecule has 0 saturated heterocycles. The van der Waals surface area contributed by atoms with Crippen molar-refractivity contribution in [2.75, 3.05) is 6.54 Å². The molecule has 2 aromatic heterocycles. The first-order valence-electron chi connectivity index (χ1n) is 8.29. The lowest BCUT2D eigenvalue weighted by Gasteiger charge is -2.27. The van der Waals surface area contributed by atoms with Crippen molar-refractivity contribution in [3.05, 3.63) is 81.5 Å². The summed E-state index contributed by atoms with van der Waals surface area (Å²) in [7, 11) is 0. The first-order chi connectivity index (χ1) is 12.6. The minimum Gasteiger partial charge on any atom is -0.306 e. The number of hydrogen-bond donors (Lipinski definition) is 1. The Kier molecular flexibility index (Phi) is 4.30. The Hall–Kier alpha value is -2.93. The second-order valence-electron chi connectivity index (χ2n) is 6.27. The molecule has 3 heterocycles. The number of aromatic amines is 1. The van der Waals surface area contributed by atoms with Gasteiger partial charge in [0.1, 0.15) is 17.5 Å². The molecule has 0 fully saturated rings. The number of hydrogen-bond acceptors (Lipinski definition) is 4. The van der Waals surface area contributed by atoms with E-state index in [1.165, 1.54) is 6.07 Å². The maximum atomic E-state index is 13.9. The van der Waals surface area contributed by atoms with E-state index < -0.39 is 11.6 Å². The highest BCUT2D eigenvalue weighted by Gasteiger charge is 2.22. The highest BCUT2D eigenvalue weighted by Crippen LogP contribution is 2.21. The fourth-order valence-corrected chi connectivity index (χ4v) is 3.18. The summed E-state index contributed by atoms with van der Waals surface area (Å²) in [5, 5.41) is 0. The molecule has 0 unspecified atom stereocenters. The van der Waals surface area contributed by atoms with Crippen molar-refractivity contribution in [2.45, 2.75) is 19.5 Å². The van der Waals surface area contributed by atoms with Gasteiger partial charge in [0.25, 0.3) is 5.56 Å². The minimum atomic E-state index is -0.464. The number of rotatable bonds is 3. The van der Waals surface area contributed by atoms with Crippen molar-refractivity contribution in [2.24, 2.45) is 0 Å². The zero-order valence-corrected chi connectivity index (χ0v) is 13.9. The lowest BCUT2D eigenvalue weighted by Crippen LogP contribution is -2.35. The lowest BCUT2D eigenvalue weighted by molar-refractivity contribution is 0.237. The van der Waals surface area contributed by atoms with Crippen LogP contribution in [-0.4, -0.2) is 26.4 Å². The highest BCUT2D eigenvalue weighted by atomic mass is 19.1. The van der Waals surface area contributed by atoms with Crippen LogP contribution in [0.15, 0.2) is 47.5 Å². The van der Waals surface area contributed by atoms with E-state index in [0.717, 1.165) is 17.7 Å². The Balaban J connectivity index is 1.62. The molecule has 0 bridgehead atoms. The molecule has 1 aliphatic rings. The van der Waals surface area contributed by atoms with Gasteiger partial charge in [0.2, 0.25) is 0 Å². The maximum absolute atomic E-state index is 13.9. The van der Waals surface area contributed by atoms with Gasteiger partial charge in [-0.1, -0.05) is 0 Å². The Labute approximate surface area is 148 Å². The van der Waals surface area contributed by atoms with E-state index in [4.69, 9.17) is 0 Å². The molecule has 0 amide bonds. The first-order valence-corrected chi connectivity index (χ1v) is 8.29. The molecule has 1 N–H and O–H groups in total. The summed E-state index contributed by atoms with van der Waals surface area (Å²) in [4.78, 5) is 25.7. The first kappa shape index (κ1) is 16.5. The quantitative estimate of drug-likeness (QED) is 0.786. The number of fused-ring (bicyclic) bond motifs is 1. The smallest absolute Gasteiger partial charge is 0.254 e. The summed E-state index contributed by atoms with van der Waals surface area (Å²) in [6.45, 7) is 1.26. The van der Waals surface area contributed by atoms with Gasteiger partial charge in [-0.3, -0.25) is 14.7 Å². The highest BCUT2D eigenvalue weighted by molar-refractivity contribution is 5.54. The van der Waals surface area contributed by atoms with Crippen LogP contribution in [0.5, 0.6) is 0 Å². The molecular weight excluding hydrogens is 338 g/mol. The molecule has 0 aliphatic carbocycles. The van der Waals surface area contributed by atoms with Gasteiger partial charge >= 0.3 is 0 Å². The van der Waals surface area contributed by atoms with E-state index in [0.29, 0.717) is 42.2 Å². The molecule has 1 aromatic carbocycles. The molecule has 0 spiro atoms. The van der Waals surface area contributed by atoms with Crippen LogP contribution in [0.1, 0.15) is 16.8 Å². The molecule has 0 saturated carbocycles. The van der Waals surface area contributed by atoms with Crippen molar-refractivity contribution >= 4 is 0 Å². The van der Waals surface area contributed by atoms with Gasteiger partial charge < -0.3 is 4.98 Å². The Morgan fingerprint density at radius 2 is 1.96 bits per heavy atom. The number of nitrogens with zero attached hydrogens (tertiary/aromatic N) is 3. The zero-order chi connectivity index (χ0) is 18.1. The van der Waals surface area contributed by atoms with E-state index in [2.05, 4.69) is 15.0 Å². The summed E-state index contributed by atoms with van der Waals surface area (Å²) in [5.74, 6) is -0.420. The van der Waals surface area contributed by atoms with Crippen LogP contribution < -0.4 is 5.56 Å². The van der Waals surface area contributed by atoms with E-state index in [1.54, 1.807) is 24.5 Å². The normalized spacial score (nSPS) is 14.2. The summed E-state index contributed by atoms with van der Waals surface area (Å²) >= 11 is 0. The molecule has 1 aliphatic heterocycles. The molecule has 4 rings (SSSR count). The minimum absolute atomic E-state index is 0.154.